The summed E-state index contributed by atoms with van der Waals surface area (Å²) in [6.45, 7) is 2.04. The number of nitrogens with two attached hydrogens (primary N) is 1. The quantitative estimate of drug-likeness (QED) is 0.669. The molecule has 1 saturated heterocycles. The van der Waals surface area contributed by atoms with Gasteiger partial charge in [-0.1, -0.05) is 0 Å². The van der Waals surface area contributed by atoms with Crippen molar-refractivity contribution in [2.75, 3.05) is 36.0 Å². The molecule has 3 heterocycles. The number of thiophene rings is 1. The lowest BCUT2D eigenvalue weighted by Crippen LogP contribution is -2.47. The van der Waals surface area contributed by atoms with E-state index in [0.717, 1.165) is 28.2 Å². The predicted molar refractivity (Wildman–Crippen MR) is 105 cm³/mol. The minimum atomic E-state index is -4.83. The van der Waals surface area contributed by atoms with Gasteiger partial charge in [0.1, 0.15) is 12.1 Å². The fourth-order valence-electron chi connectivity index (χ4n) is 3.36. The number of hydrogen-bond acceptors (Lipinski definition) is 7. The van der Waals surface area contributed by atoms with Crippen LogP contribution in [0.4, 0.5) is 24.7 Å². The molecule has 1 aliphatic heterocycles. The Labute approximate surface area is 168 Å². The van der Waals surface area contributed by atoms with Crippen LogP contribution >= 0.6 is 11.3 Å². The van der Waals surface area contributed by atoms with Crippen molar-refractivity contribution in [3.63, 3.8) is 0 Å². The molecule has 0 spiro atoms. The zero-order chi connectivity index (χ0) is 20.8. The third-order valence-corrected chi connectivity index (χ3v) is 6.61. The van der Waals surface area contributed by atoms with Gasteiger partial charge >= 0.3 is 6.18 Å². The van der Waals surface area contributed by atoms with Crippen molar-refractivity contribution < 1.29 is 21.6 Å². The number of piperazine rings is 1. The molecule has 1 fully saturated rings. The van der Waals surface area contributed by atoms with E-state index in [1.807, 2.05) is 11.4 Å². The number of benzene rings is 1. The minimum absolute atomic E-state index is 0.299. The second kappa shape index (κ2) is 7.11. The molecule has 2 aromatic heterocycles. The van der Waals surface area contributed by atoms with Crippen LogP contribution in [0.15, 0.2) is 40.9 Å². The first-order valence-corrected chi connectivity index (χ1v) is 11.0. The van der Waals surface area contributed by atoms with Crippen LogP contribution in [0.2, 0.25) is 0 Å². The lowest BCUT2D eigenvalue weighted by molar-refractivity contribution is -0.139. The molecule has 0 aliphatic carbocycles. The maximum atomic E-state index is 13.4. The van der Waals surface area contributed by atoms with Crippen LogP contribution in [0.1, 0.15) is 5.56 Å². The van der Waals surface area contributed by atoms with Gasteiger partial charge in [-0.25, -0.2) is 23.5 Å². The number of fused-ring (bicyclic) bond motifs is 1. The van der Waals surface area contributed by atoms with Gasteiger partial charge < -0.3 is 9.80 Å². The number of sulfonamides is 1. The zero-order valence-corrected chi connectivity index (χ0v) is 16.6. The number of halogens is 3. The Kier molecular flexibility index (Phi) is 4.87. The van der Waals surface area contributed by atoms with Crippen molar-refractivity contribution in [2.45, 2.75) is 11.1 Å². The first-order chi connectivity index (χ1) is 13.6. The molecule has 154 valence electrons. The monoisotopic (exact) mass is 443 g/mol. The maximum Gasteiger partial charge on any atom is 0.417 e. The summed E-state index contributed by atoms with van der Waals surface area (Å²) < 4.78 is 64.1. The van der Waals surface area contributed by atoms with Crippen molar-refractivity contribution in [3.8, 4) is 0 Å². The number of nitrogens with zero attached hydrogens (tertiary/aromatic N) is 4. The number of aromatic nitrogens is 2. The van der Waals surface area contributed by atoms with Crippen molar-refractivity contribution >= 4 is 43.1 Å². The van der Waals surface area contributed by atoms with Gasteiger partial charge in [0.25, 0.3) is 0 Å². The predicted octanol–water partition coefficient (Wildman–Crippen LogP) is 2.68. The Morgan fingerprint density at radius 3 is 2.38 bits per heavy atom. The van der Waals surface area contributed by atoms with Crippen LogP contribution in [0, 0.1) is 0 Å². The van der Waals surface area contributed by atoms with Crippen molar-refractivity contribution in [3.05, 3.63) is 41.5 Å². The summed E-state index contributed by atoms with van der Waals surface area (Å²) in [6.07, 6.45) is -3.33. The topological polar surface area (TPSA) is 92.4 Å². The summed E-state index contributed by atoms with van der Waals surface area (Å²) in [7, 11) is -4.48. The first-order valence-electron chi connectivity index (χ1n) is 8.57. The third kappa shape index (κ3) is 3.87. The number of hydrogen-bond donors (Lipinski definition) is 1. The Bertz CT molecular complexity index is 1160. The van der Waals surface area contributed by atoms with Crippen LogP contribution in [-0.4, -0.2) is 44.6 Å². The van der Waals surface area contributed by atoms with E-state index < -0.39 is 26.7 Å². The van der Waals surface area contributed by atoms with Crippen LogP contribution < -0.4 is 14.9 Å². The molecule has 0 radical (unpaired) electrons. The molecular weight excluding hydrogens is 427 g/mol. The summed E-state index contributed by atoms with van der Waals surface area (Å²) in [5, 5.41) is 6.88. The maximum absolute atomic E-state index is 13.4. The van der Waals surface area contributed by atoms with Gasteiger partial charge in [0.15, 0.2) is 0 Å². The van der Waals surface area contributed by atoms with Gasteiger partial charge in [0.05, 0.1) is 20.7 Å². The highest BCUT2D eigenvalue weighted by Gasteiger charge is 2.37. The fraction of sp³-hybridized carbons (Fsp3) is 0.294. The molecule has 4 rings (SSSR count). The molecule has 0 unspecified atom stereocenters. The third-order valence-electron chi connectivity index (χ3n) is 4.74. The van der Waals surface area contributed by atoms with E-state index >= 15 is 0 Å². The van der Waals surface area contributed by atoms with Gasteiger partial charge in [0.2, 0.25) is 10.0 Å². The van der Waals surface area contributed by atoms with Gasteiger partial charge in [0, 0.05) is 31.9 Å². The van der Waals surface area contributed by atoms with Gasteiger partial charge in [-0.3, -0.25) is 0 Å². The van der Waals surface area contributed by atoms with Crippen LogP contribution in [0.5, 0.6) is 0 Å². The lowest BCUT2D eigenvalue weighted by Gasteiger charge is -2.37. The Morgan fingerprint density at radius 1 is 1.03 bits per heavy atom. The van der Waals surface area contributed by atoms with Crippen LogP contribution in [0.25, 0.3) is 10.2 Å². The Hall–Kier alpha value is -2.44. The van der Waals surface area contributed by atoms with Gasteiger partial charge in [-0.05, 0) is 29.6 Å². The van der Waals surface area contributed by atoms with Gasteiger partial charge in [-0.15, -0.1) is 11.3 Å². The van der Waals surface area contributed by atoms with Crippen LogP contribution in [-0.2, 0) is 16.2 Å². The number of anilines is 2. The molecule has 0 atom stereocenters. The molecule has 0 bridgehead atoms. The lowest BCUT2D eigenvalue weighted by atomic mass is 10.1. The van der Waals surface area contributed by atoms with E-state index in [1.54, 1.807) is 4.90 Å². The fourth-order valence-corrected chi connectivity index (χ4v) is 4.96. The van der Waals surface area contributed by atoms with Crippen molar-refractivity contribution in [2.24, 2.45) is 5.14 Å². The molecular formula is C17H16F3N5O2S2. The Balaban J connectivity index is 1.58. The SMILES string of the molecule is NS(=O)(=O)c1ccc(N2CCN(c3ncnc4ccsc34)CC2)cc1C(F)(F)F. The highest BCUT2D eigenvalue weighted by atomic mass is 32.2. The van der Waals surface area contributed by atoms with E-state index in [2.05, 4.69) is 14.9 Å². The molecule has 0 amide bonds. The Morgan fingerprint density at radius 2 is 1.72 bits per heavy atom. The molecule has 7 nitrogen and oxygen atoms in total. The summed E-state index contributed by atoms with van der Waals surface area (Å²) >= 11 is 1.54. The molecule has 1 aliphatic rings. The molecule has 0 saturated carbocycles. The van der Waals surface area contributed by atoms with E-state index in [0.29, 0.717) is 31.9 Å². The van der Waals surface area contributed by atoms with E-state index in [1.165, 1.54) is 23.7 Å². The standard InChI is InChI=1S/C17H16F3N5O2S2/c18-17(19,20)12-9-11(1-2-14(12)29(21,26)27)24-4-6-25(7-5-24)16-15-13(3-8-28-15)22-10-23-16/h1-3,8-10H,4-7H2,(H2,21,26,27). The van der Waals surface area contributed by atoms with E-state index in [9.17, 15) is 21.6 Å². The second-order valence-corrected chi connectivity index (χ2v) is 8.98. The summed E-state index contributed by atoms with van der Waals surface area (Å²) in [6, 6.07) is 5.02. The summed E-state index contributed by atoms with van der Waals surface area (Å²) in [5.41, 5.74) is -0.0970. The zero-order valence-electron chi connectivity index (χ0n) is 14.9. The molecule has 1 aromatic carbocycles. The highest BCUT2D eigenvalue weighted by molar-refractivity contribution is 7.89. The highest BCUT2D eigenvalue weighted by Crippen LogP contribution is 2.37. The van der Waals surface area contributed by atoms with Crippen molar-refractivity contribution in [1.82, 2.24) is 9.97 Å². The summed E-state index contributed by atoms with van der Waals surface area (Å²) in [5.74, 6) is 0.810. The van der Waals surface area contributed by atoms with Crippen LogP contribution in [0.3, 0.4) is 0 Å². The minimum Gasteiger partial charge on any atom is -0.368 e. The average molecular weight is 443 g/mol. The second-order valence-electron chi connectivity index (χ2n) is 6.53. The first kappa shape index (κ1) is 19.9. The summed E-state index contributed by atoms with van der Waals surface area (Å²) in [4.78, 5) is 11.5. The van der Waals surface area contributed by atoms with Gasteiger partial charge in [-0.2, -0.15) is 13.2 Å². The smallest absolute Gasteiger partial charge is 0.368 e. The molecule has 2 N–H and O–H groups in total. The molecule has 12 heteroatoms. The average Bonchev–Trinajstić information content (AvgIpc) is 3.15. The number of alkyl halides is 3. The number of primary sulfonamides is 1. The molecule has 3 aromatic rings. The largest absolute Gasteiger partial charge is 0.417 e. The number of rotatable bonds is 3. The van der Waals surface area contributed by atoms with E-state index in [-0.39, 0.29) is 0 Å². The van der Waals surface area contributed by atoms with E-state index in [4.69, 9.17) is 5.14 Å². The normalized spacial score (nSPS) is 15.9. The van der Waals surface area contributed by atoms with Crippen molar-refractivity contribution in [1.29, 1.82) is 0 Å². The molecule has 29 heavy (non-hydrogen) atoms.